The maximum atomic E-state index is 11.7. The number of carbonyl (C=O) groups excluding carboxylic acids is 2. The molecule has 5 N–H and O–H groups in total. The van der Waals surface area contributed by atoms with Crippen molar-refractivity contribution in [3.63, 3.8) is 0 Å². The summed E-state index contributed by atoms with van der Waals surface area (Å²) in [6.45, 7) is 1.88. The molecular formula is C14H13N5O5. The molecule has 0 atom stereocenters. The van der Waals surface area contributed by atoms with Crippen LogP contribution in [0, 0.1) is 6.92 Å². The summed E-state index contributed by atoms with van der Waals surface area (Å²) in [5.41, 5.74) is 1.14. The minimum Gasteiger partial charge on any atom is -0.494 e. The molecule has 0 spiro atoms. The van der Waals surface area contributed by atoms with Crippen LogP contribution in [-0.4, -0.2) is 33.1 Å². The van der Waals surface area contributed by atoms with Crippen molar-refractivity contribution in [3.8, 4) is 5.88 Å². The fraction of sp³-hybridized carbons (Fsp3) is 0.0714. The lowest BCUT2D eigenvalue weighted by atomic mass is 10.2. The number of rotatable bonds is 3. The number of anilines is 1. The third kappa shape index (κ3) is 4.16. The smallest absolute Gasteiger partial charge is 0.329 e. The van der Waals surface area contributed by atoms with Crippen molar-refractivity contribution >= 4 is 23.7 Å². The van der Waals surface area contributed by atoms with Gasteiger partial charge in [0.1, 0.15) is 5.56 Å². The van der Waals surface area contributed by atoms with E-state index in [9.17, 15) is 24.3 Å². The second kappa shape index (κ2) is 7.05. The number of aromatic hydroxyl groups is 1. The summed E-state index contributed by atoms with van der Waals surface area (Å²) in [7, 11) is 0. The predicted octanol–water partition coefficient (Wildman–Crippen LogP) is -0.834. The topological polar surface area (TPSA) is 157 Å². The Morgan fingerprint density at radius 3 is 2.42 bits per heavy atom. The van der Waals surface area contributed by atoms with Gasteiger partial charge in [-0.2, -0.15) is 5.10 Å². The molecule has 10 nitrogen and oxygen atoms in total. The van der Waals surface area contributed by atoms with E-state index < -0.39 is 28.9 Å². The van der Waals surface area contributed by atoms with Crippen LogP contribution < -0.4 is 22.0 Å². The van der Waals surface area contributed by atoms with Gasteiger partial charge >= 0.3 is 17.5 Å². The molecule has 0 unspecified atom stereocenters. The summed E-state index contributed by atoms with van der Waals surface area (Å²) < 4.78 is 0. The highest BCUT2D eigenvalue weighted by molar-refractivity contribution is 6.39. The highest BCUT2D eigenvalue weighted by Gasteiger charge is 2.13. The number of nitrogens with zero attached hydrogens (tertiary/aromatic N) is 1. The molecule has 10 heteroatoms. The van der Waals surface area contributed by atoms with Gasteiger partial charge in [0.05, 0.1) is 6.21 Å². The van der Waals surface area contributed by atoms with Crippen molar-refractivity contribution in [2.75, 3.05) is 5.32 Å². The number of aromatic nitrogens is 2. The van der Waals surface area contributed by atoms with E-state index in [1.807, 2.05) is 22.3 Å². The summed E-state index contributed by atoms with van der Waals surface area (Å²) in [4.78, 5) is 49.4. The number of benzene rings is 1. The van der Waals surface area contributed by atoms with Crippen LogP contribution in [0.2, 0.25) is 0 Å². The second-order valence-corrected chi connectivity index (χ2v) is 4.69. The molecule has 2 aromatic rings. The molecular weight excluding hydrogens is 318 g/mol. The summed E-state index contributed by atoms with van der Waals surface area (Å²) in [5.74, 6) is -2.76. The molecule has 1 aromatic carbocycles. The normalized spacial score (nSPS) is 10.5. The number of carbonyl (C=O) groups is 2. The van der Waals surface area contributed by atoms with E-state index in [0.29, 0.717) is 5.69 Å². The molecule has 0 aliphatic heterocycles. The highest BCUT2D eigenvalue weighted by Crippen LogP contribution is 2.08. The van der Waals surface area contributed by atoms with E-state index in [1.165, 1.54) is 0 Å². The Kier molecular flexibility index (Phi) is 4.90. The fourth-order valence-corrected chi connectivity index (χ4v) is 1.63. The molecule has 2 amide bonds. The number of amides is 2. The molecule has 24 heavy (non-hydrogen) atoms. The first-order valence-electron chi connectivity index (χ1n) is 6.63. The van der Waals surface area contributed by atoms with Crippen molar-refractivity contribution < 1.29 is 14.7 Å². The van der Waals surface area contributed by atoms with Gasteiger partial charge in [0, 0.05) is 5.69 Å². The van der Waals surface area contributed by atoms with Gasteiger partial charge < -0.3 is 10.4 Å². The molecule has 0 fully saturated rings. The number of aryl methyl sites for hydroxylation is 1. The summed E-state index contributed by atoms with van der Waals surface area (Å²) in [6.07, 6.45) is 0.793. The maximum Gasteiger partial charge on any atom is 0.329 e. The van der Waals surface area contributed by atoms with Crippen molar-refractivity contribution in [2.45, 2.75) is 6.92 Å². The molecule has 124 valence electrons. The number of hydrogen-bond donors (Lipinski definition) is 5. The Hall–Kier alpha value is -3.69. The average molecular weight is 331 g/mol. The first kappa shape index (κ1) is 16.7. The molecule has 0 saturated carbocycles. The summed E-state index contributed by atoms with van der Waals surface area (Å²) in [5, 5.41) is 15.1. The number of H-pyrrole nitrogens is 2. The van der Waals surface area contributed by atoms with Crippen molar-refractivity contribution in [2.24, 2.45) is 5.10 Å². The van der Waals surface area contributed by atoms with Gasteiger partial charge in [0.2, 0.25) is 5.88 Å². The number of aromatic amines is 2. The first-order valence-corrected chi connectivity index (χ1v) is 6.63. The number of nitrogens with one attached hydrogen (secondary N) is 4. The van der Waals surface area contributed by atoms with Gasteiger partial charge in [-0.25, -0.2) is 10.2 Å². The monoisotopic (exact) mass is 331 g/mol. The highest BCUT2D eigenvalue weighted by atomic mass is 16.3. The lowest BCUT2D eigenvalue weighted by molar-refractivity contribution is -0.136. The van der Waals surface area contributed by atoms with E-state index >= 15 is 0 Å². The van der Waals surface area contributed by atoms with Gasteiger partial charge in [-0.1, -0.05) is 17.7 Å². The molecule has 0 bridgehead atoms. The van der Waals surface area contributed by atoms with Crippen LogP contribution in [0.1, 0.15) is 11.1 Å². The Bertz CT molecular complexity index is 910. The van der Waals surface area contributed by atoms with E-state index in [2.05, 4.69) is 10.4 Å². The zero-order chi connectivity index (χ0) is 17.7. The molecule has 2 rings (SSSR count). The molecule has 1 heterocycles. The zero-order valence-corrected chi connectivity index (χ0v) is 12.4. The largest absolute Gasteiger partial charge is 0.494 e. The fourth-order valence-electron chi connectivity index (χ4n) is 1.63. The predicted molar refractivity (Wildman–Crippen MR) is 84.9 cm³/mol. The average Bonchev–Trinajstić information content (AvgIpc) is 2.51. The van der Waals surface area contributed by atoms with E-state index in [1.54, 1.807) is 24.3 Å². The third-order valence-electron chi connectivity index (χ3n) is 2.83. The third-order valence-corrected chi connectivity index (χ3v) is 2.83. The molecule has 1 aromatic heterocycles. The van der Waals surface area contributed by atoms with Crippen LogP contribution in [0.3, 0.4) is 0 Å². The lowest BCUT2D eigenvalue weighted by Crippen LogP contribution is -2.32. The van der Waals surface area contributed by atoms with Crippen molar-refractivity contribution in [3.05, 3.63) is 56.2 Å². The van der Waals surface area contributed by atoms with Gasteiger partial charge in [-0.3, -0.25) is 24.4 Å². The Morgan fingerprint density at radius 2 is 1.79 bits per heavy atom. The minimum absolute atomic E-state index is 0.381. The van der Waals surface area contributed by atoms with Gasteiger partial charge in [0.25, 0.3) is 5.56 Å². The zero-order valence-electron chi connectivity index (χ0n) is 12.4. The number of hydrazone groups is 1. The summed E-state index contributed by atoms with van der Waals surface area (Å²) >= 11 is 0. The van der Waals surface area contributed by atoms with E-state index in [-0.39, 0.29) is 5.56 Å². The molecule has 0 aliphatic rings. The SMILES string of the molecule is Cc1ccc(NC(=O)C(=O)N/N=C/c2c(O)[nH]c(=O)[nH]c2=O)cc1. The lowest BCUT2D eigenvalue weighted by Gasteiger charge is -2.04. The Labute approximate surface area is 134 Å². The van der Waals surface area contributed by atoms with Crippen LogP contribution in [0.25, 0.3) is 0 Å². The van der Waals surface area contributed by atoms with Crippen LogP contribution in [0.4, 0.5) is 5.69 Å². The molecule has 0 radical (unpaired) electrons. The molecule has 0 saturated heterocycles. The minimum atomic E-state index is -1.08. The standard InChI is InChI=1S/C14H13N5O5/c1-7-2-4-8(5-3-7)16-12(22)13(23)19-15-6-9-10(20)17-14(24)18-11(9)21/h2-6H,1H3,(H,16,22)(H,19,23)(H3,17,18,20,21,24)/b15-6+. The van der Waals surface area contributed by atoms with Crippen LogP contribution >= 0.6 is 0 Å². The van der Waals surface area contributed by atoms with Crippen molar-refractivity contribution in [1.29, 1.82) is 0 Å². The Balaban J connectivity index is 2.00. The van der Waals surface area contributed by atoms with E-state index in [0.717, 1.165) is 11.8 Å². The van der Waals surface area contributed by atoms with Crippen LogP contribution in [-0.2, 0) is 9.59 Å². The van der Waals surface area contributed by atoms with Gasteiger partial charge in [-0.15, -0.1) is 0 Å². The second-order valence-electron chi connectivity index (χ2n) is 4.69. The molecule has 0 aliphatic carbocycles. The van der Waals surface area contributed by atoms with E-state index in [4.69, 9.17) is 0 Å². The van der Waals surface area contributed by atoms with Crippen molar-refractivity contribution in [1.82, 2.24) is 15.4 Å². The quantitative estimate of drug-likeness (QED) is 0.282. The van der Waals surface area contributed by atoms with Crippen LogP contribution in [0.5, 0.6) is 5.88 Å². The summed E-state index contributed by atoms with van der Waals surface area (Å²) in [6, 6.07) is 6.77. The first-order chi connectivity index (χ1) is 11.4. The number of hydrogen-bond acceptors (Lipinski definition) is 6. The maximum absolute atomic E-state index is 11.7. The Morgan fingerprint density at radius 1 is 1.12 bits per heavy atom. The van der Waals surface area contributed by atoms with Gasteiger partial charge in [0.15, 0.2) is 0 Å². The van der Waals surface area contributed by atoms with Crippen LogP contribution in [0.15, 0.2) is 39.0 Å². The van der Waals surface area contributed by atoms with Gasteiger partial charge in [-0.05, 0) is 19.1 Å².